The Morgan fingerprint density at radius 1 is 0.676 bits per heavy atom. The smallest absolute Gasteiger partial charge is 0.347 e. The maximum atomic E-state index is 12.6. The third-order valence-corrected chi connectivity index (χ3v) is 6.61. The first-order valence-electron chi connectivity index (χ1n) is 13.4. The first-order valence-corrected chi connectivity index (χ1v) is 13.4. The van der Waals surface area contributed by atoms with Crippen molar-refractivity contribution in [3.05, 3.63) is 48.0 Å². The molecule has 0 aromatic heterocycles. The Labute approximate surface area is 220 Å². The summed E-state index contributed by atoms with van der Waals surface area (Å²) < 4.78 is 23.0. The Hall–Kier alpha value is -3.28. The zero-order chi connectivity index (χ0) is 26.8. The molecule has 0 fully saturated rings. The van der Waals surface area contributed by atoms with E-state index in [0.29, 0.717) is 24.3 Å². The van der Waals surface area contributed by atoms with Gasteiger partial charge in [-0.25, -0.2) is 9.59 Å². The SMILES string of the molecule is CCCCCc1ccc2c(OC(CCC)C(=O)OC)c3ccccc3c(OC(CCC)C(=O)OC)c2c1. The van der Waals surface area contributed by atoms with Crippen molar-refractivity contribution in [2.75, 3.05) is 14.2 Å². The summed E-state index contributed by atoms with van der Waals surface area (Å²) in [5.41, 5.74) is 1.19. The van der Waals surface area contributed by atoms with E-state index in [4.69, 9.17) is 18.9 Å². The first kappa shape index (κ1) is 28.3. The van der Waals surface area contributed by atoms with Crippen molar-refractivity contribution >= 4 is 33.5 Å². The second-order valence-electron chi connectivity index (χ2n) is 9.38. The van der Waals surface area contributed by atoms with Gasteiger partial charge in [-0.1, -0.05) is 82.9 Å². The largest absolute Gasteiger partial charge is 0.477 e. The molecule has 0 aliphatic carbocycles. The first-order chi connectivity index (χ1) is 18.0. The molecule has 6 nitrogen and oxygen atoms in total. The number of rotatable bonds is 14. The zero-order valence-electron chi connectivity index (χ0n) is 22.8. The van der Waals surface area contributed by atoms with Gasteiger partial charge in [0.25, 0.3) is 0 Å². The van der Waals surface area contributed by atoms with E-state index in [-0.39, 0.29) is 0 Å². The van der Waals surface area contributed by atoms with Crippen molar-refractivity contribution in [1.29, 1.82) is 0 Å². The van der Waals surface area contributed by atoms with Crippen molar-refractivity contribution < 1.29 is 28.5 Å². The highest BCUT2D eigenvalue weighted by Gasteiger charge is 2.27. The lowest BCUT2D eigenvalue weighted by Gasteiger charge is -2.24. The second-order valence-corrected chi connectivity index (χ2v) is 9.38. The summed E-state index contributed by atoms with van der Waals surface area (Å²) in [5, 5.41) is 3.32. The molecule has 0 aliphatic heterocycles. The number of methoxy groups -OCH3 is 2. The summed E-state index contributed by atoms with van der Waals surface area (Å²) in [6.45, 7) is 6.21. The van der Waals surface area contributed by atoms with Gasteiger partial charge in [0.15, 0.2) is 12.2 Å². The van der Waals surface area contributed by atoms with Crippen LogP contribution in [0.15, 0.2) is 42.5 Å². The van der Waals surface area contributed by atoms with Crippen LogP contribution in [-0.4, -0.2) is 38.4 Å². The average molecular weight is 509 g/mol. The van der Waals surface area contributed by atoms with E-state index in [1.807, 2.05) is 44.2 Å². The summed E-state index contributed by atoms with van der Waals surface area (Å²) >= 11 is 0. The maximum Gasteiger partial charge on any atom is 0.347 e. The number of benzene rings is 3. The molecule has 0 saturated heterocycles. The molecule has 3 rings (SSSR count). The van der Waals surface area contributed by atoms with Gasteiger partial charge in [0.2, 0.25) is 0 Å². The van der Waals surface area contributed by atoms with Crippen molar-refractivity contribution in [2.45, 2.75) is 84.3 Å². The number of carbonyl (C=O) groups is 2. The number of esters is 2. The molecule has 0 bridgehead atoms. The van der Waals surface area contributed by atoms with Crippen molar-refractivity contribution in [3.63, 3.8) is 0 Å². The lowest BCUT2D eigenvalue weighted by molar-refractivity contribution is -0.149. The molecule has 6 heteroatoms. The third kappa shape index (κ3) is 6.73. The summed E-state index contributed by atoms with van der Waals surface area (Å²) in [5.74, 6) is 0.452. The van der Waals surface area contributed by atoms with Gasteiger partial charge < -0.3 is 18.9 Å². The van der Waals surface area contributed by atoms with E-state index in [0.717, 1.165) is 60.1 Å². The molecule has 37 heavy (non-hydrogen) atoms. The van der Waals surface area contributed by atoms with E-state index in [2.05, 4.69) is 19.1 Å². The minimum absolute atomic E-state index is 0.396. The van der Waals surface area contributed by atoms with Gasteiger partial charge in [-0.3, -0.25) is 0 Å². The minimum Gasteiger partial charge on any atom is -0.477 e. The molecule has 3 aromatic rings. The Bertz CT molecular complexity index is 1200. The number of carbonyl (C=O) groups excluding carboxylic acids is 2. The molecule has 0 heterocycles. The predicted molar refractivity (Wildman–Crippen MR) is 147 cm³/mol. The molecule has 0 radical (unpaired) electrons. The van der Waals surface area contributed by atoms with Gasteiger partial charge in [0.05, 0.1) is 14.2 Å². The molecule has 200 valence electrons. The fourth-order valence-corrected chi connectivity index (χ4v) is 4.66. The highest BCUT2D eigenvalue weighted by atomic mass is 16.6. The Morgan fingerprint density at radius 2 is 1.19 bits per heavy atom. The van der Waals surface area contributed by atoms with Crippen LogP contribution in [0.2, 0.25) is 0 Å². The topological polar surface area (TPSA) is 71.1 Å². The lowest BCUT2D eigenvalue weighted by Crippen LogP contribution is -2.29. The summed E-state index contributed by atoms with van der Waals surface area (Å²) in [6, 6.07) is 14.1. The normalized spacial score (nSPS) is 12.8. The second kappa shape index (κ2) is 13.9. The highest BCUT2D eigenvalue weighted by molar-refractivity contribution is 6.11. The van der Waals surface area contributed by atoms with Crippen LogP contribution >= 0.6 is 0 Å². The molecule has 0 N–H and O–H groups in total. The van der Waals surface area contributed by atoms with Gasteiger partial charge in [0, 0.05) is 21.5 Å². The van der Waals surface area contributed by atoms with Crippen LogP contribution < -0.4 is 9.47 Å². The molecular formula is C31H40O6. The highest BCUT2D eigenvalue weighted by Crippen LogP contribution is 2.44. The number of ether oxygens (including phenoxy) is 4. The number of fused-ring (bicyclic) bond motifs is 2. The number of aryl methyl sites for hydroxylation is 1. The molecule has 0 spiro atoms. The van der Waals surface area contributed by atoms with Crippen LogP contribution in [0.1, 0.15) is 71.3 Å². The average Bonchev–Trinajstić information content (AvgIpc) is 2.92. The van der Waals surface area contributed by atoms with Gasteiger partial charge in [0.1, 0.15) is 11.5 Å². The van der Waals surface area contributed by atoms with Crippen LogP contribution in [-0.2, 0) is 25.5 Å². The molecule has 2 atom stereocenters. The molecular weight excluding hydrogens is 468 g/mol. The van der Waals surface area contributed by atoms with Gasteiger partial charge >= 0.3 is 11.9 Å². The van der Waals surface area contributed by atoms with Crippen LogP contribution in [0.3, 0.4) is 0 Å². The van der Waals surface area contributed by atoms with E-state index in [1.165, 1.54) is 19.8 Å². The Kier molecular flexibility index (Phi) is 10.6. The fraction of sp³-hybridized carbons (Fsp3) is 0.484. The fourth-order valence-electron chi connectivity index (χ4n) is 4.66. The summed E-state index contributed by atoms with van der Waals surface area (Å²) in [4.78, 5) is 25.1. The Morgan fingerprint density at radius 3 is 1.68 bits per heavy atom. The van der Waals surface area contributed by atoms with Crippen LogP contribution in [0.5, 0.6) is 11.5 Å². The van der Waals surface area contributed by atoms with Crippen LogP contribution in [0.25, 0.3) is 21.5 Å². The van der Waals surface area contributed by atoms with Gasteiger partial charge in [-0.05, 0) is 37.3 Å². The Balaban J connectivity index is 2.26. The van der Waals surface area contributed by atoms with Crippen LogP contribution in [0.4, 0.5) is 0 Å². The molecule has 3 aromatic carbocycles. The van der Waals surface area contributed by atoms with Gasteiger partial charge in [-0.15, -0.1) is 0 Å². The van der Waals surface area contributed by atoms with E-state index >= 15 is 0 Å². The summed E-state index contributed by atoms with van der Waals surface area (Å²) in [6.07, 6.45) is 5.53. The van der Waals surface area contributed by atoms with Crippen LogP contribution in [0, 0.1) is 0 Å². The lowest BCUT2D eigenvalue weighted by atomic mass is 9.96. The summed E-state index contributed by atoms with van der Waals surface area (Å²) in [7, 11) is 2.76. The number of hydrogen-bond acceptors (Lipinski definition) is 6. The predicted octanol–water partition coefficient (Wildman–Crippen LogP) is 7.17. The maximum absolute atomic E-state index is 12.6. The number of unbranched alkanes of at least 4 members (excludes halogenated alkanes) is 2. The standard InChI is InChI=1S/C31H40O6/c1-6-9-10-15-21-18-19-24-25(20-21)29(37-27(14-8-3)31(33)35-5)23-17-12-11-16-22(23)28(24)36-26(13-7-2)30(32)34-4/h11-12,16-20,26-27H,6-10,13-15H2,1-5H3. The third-order valence-electron chi connectivity index (χ3n) is 6.61. The van der Waals surface area contributed by atoms with Gasteiger partial charge in [-0.2, -0.15) is 0 Å². The molecule has 0 saturated carbocycles. The van der Waals surface area contributed by atoms with E-state index < -0.39 is 24.1 Å². The monoisotopic (exact) mass is 508 g/mol. The minimum atomic E-state index is -0.722. The van der Waals surface area contributed by atoms with Crippen molar-refractivity contribution in [1.82, 2.24) is 0 Å². The zero-order valence-corrected chi connectivity index (χ0v) is 22.8. The number of hydrogen-bond donors (Lipinski definition) is 0. The van der Waals surface area contributed by atoms with Crippen molar-refractivity contribution in [3.8, 4) is 11.5 Å². The van der Waals surface area contributed by atoms with Crippen molar-refractivity contribution in [2.24, 2.45) is 0 Å². The molecule has 0 amide bonds. The molecule has 2 unspecified atom stereocenters. The quantitative estimate of drug-likeness (QED) is 0.131. The van der Waals surface area contributed by atoms with E-state index in [9.17, 15) is 9.59 Å². The molecule has 0 aliphatic rings. The van der Waals surface area contributed by atoms with E-state index in [1.54, 1.807) is 0 Å².